The minimum atomic E-state index is -0.565. The number of anilines is 4. The number of nitrogens with zero attached hydrogens (tertiary/aromatic N) is 2. The third-order valence-corrected chi connectivity index (χ3v) is 3.74. The Hall–Kier alpha value is -4.01. The number of hydrogen-bond acceptors (Lipinski definition) is 5. The van der Waals surface area contributed by atoms with Crippen LogP contribution in [0.2, 0.25) is 0 Å². The van der Waals surface area contributed by atoms with Crippen LogP contribution in [0.15, 0.2) is 61.1 Å². The van der Waals surface area contributed by atoms with Crippen molar-refractivity contribution in [2.45, 2.75) is 6.92 Å². The molecule has 9 heteroatoms. The maximum Gasteiger partial charge on any atom is 0.320 e. The molecule has 3 aromatic rings. The first-order valence-corrected chi connectivity index (χ1v) is 8.84. The molecule has 2 heterocycles. The van der Waals surface area contributed by atoms with Gasteiger partial charge in [0.25, 0.3) is 5.91 Å². The van der Waals surface area contributed by atoms with Crippen molar-refractivity contribution in [2.24, 2.45) is 0 Å². The molecule has 1 aromatic carbocycles. The van der Waals surface area contributed by atoms with Gasteiger partial charge < -0.3 is 16.0 Å². The zero-order chi connectivity index (χ0) is 20.6. The molecule has 4 N–H and O–H groups in total. The number of carbonyl (C=O) groups is 2. The fourth-order valence-corrected chi connectivity index (χ4v) is 2.48. The van der Waals surface area contributed by atoms with Gasteiger partial charge in [-0.25, -0.2) is 14.2 Å². The number of aromatic nitrogens is 2. The molecular weight excluding hydrogens is 375 g/mol. The van der Waals surface area contributed by atoms with Gasteiger partial charge in [-0.05, 0) is 19.1 Å². The standard InChI is InChI=1S/C20H19FN6O2/c1-2-23-20(29)27-18-9-17(25-14-6-4-3-5-7-14)16(12-24-18)19(28)26-15-8-13(21)10-22-11-15/h3-12H,2H2,1H3,(H,26,28)(H3,23,24,25,27,29). The molecule has 2 aromatic heterocycles. The van der Waals surface area contributed by atoms with E-state index in [1.807, 2.05) is 30.3 Å². The summed E-state index contributed by atoms with van der Waals surface area (Å²) >= 11 is 0. The Balaban J connectivity index is 1.89. The van der Waals surface area contributed by atoms with E-state index in [1.54, 1.807) is 13.0 Å². The van der Waals surface area contributed by atoms with Gasteiger partial charge in [-0.3, -0.25) is 15.1 Å². The monoisotopic (exact) mass is 394 g/mol. The van der Waals surface area contributed by atoms with Crippen LogP contribution in [0.1, 0.15) is 17.3 Å². The number of carbonyl (C=O) groups excluding carboxylic acids is 2. The number of nitrogens with one attached hydrogen (secondary N) is 4. The molecule has 0 spiro atoms. The molecule has 0 atom stereocenters. The first kappa shape index (κ1) is 19.7. The topological polar surface area (TPSA) is 108 Å². The number of halogens is 1. The quantitative estimate of drug-likeness (QED) is 0.509. The van der Waals surface area contributed by atoms with Gasteiger partial charge >= 0.3 is 6.03 Å². The van der Waals surface area contributed by atoms with E-state index in [-0.39, 0.29) is 17.1 Å². The van der Waals surface area contributed by atoms with Crippen molar-refractivity contribution in [3.63, 3.8) is 0 Å². The number of amides is 3. The first-order chi connectivity index (χ1) is 14.0. The van der Waals surface area contributed by atoms with Gasteiger partial charge in [0.05, 0.1) is 29.3 Å². The predicted molar refractivity (Wildman–Crippen MR) is 109 cm³/mol. The minimum Gasteiger partial charge on any atom is -0.355 e. The van der Waals surface area contributed by atoms with Gasteiger partial charge in [0, 0.05) is 30.6 Å². The van der Waals surface area contributed by atoms with Crippen LogP contribution in [0.3, 0.4) is 0 Å². The number of hydrogen-bond donors (Lipinski definition) is 4. The van der Waals surface area contributed by atoms with E-state index in [2.05, 4.69) is 31.2 Å². The Morgan fingerprint density at radius 3 is 2.52 bits per heavy atom. The highest BCUT2D eigenvalue weighted by Crippen LogP contribution is 2.24. The van der Waals surface area contributed by atoms with Crippen molar-refractivity contribution in [1.82, 2.24) is 15.3 Å². The zero-order valence-electron chi connectivity index (χ0n) is 15.6. The third kappa shape index (κ3) is 5.48. The van der Waals surface area contributed by atoms with Gasteiger partial charge in [0.1, 0.15) is 11.6 Å². The largest absolute Gasteiger partial charge is 0.355 e. The number of benzene rings is 1. The molecule has 0 saturated heterocycles. The lowest BCUT2D eigenvalue weighted by atomic mass is 10.2. The molecule has 3 rings (SSSR count). The molecule has 0 aliphatic heterocycles. The molecule has 0 radical (unpaired) electrons. The smallest absolute Gasteiger partial charge is 0.320 e. The molecule has 148 valence electrons. The van der Waals surface area contributed by atoms with E-state index in [1.165, 1.54) is 12.4 Å². The second-order valence-electron chi connectivity index (χ2n) is 5.94. The van der Waals surface area contributed by atoms with Crippen LogP contribution >= 0.6 is 0 Å². The zero-order valence-corrected chi connectivity index (χ0v) is 15.6. The van der Waals surface area contributed by atoms with Crippen LogP contribution in [0.4, 0.5) is 32.1 Å². The van der Waals surface area contributed by atoms with Gasteiger partial charge in [0.2, 0.25) is 0 Å². The molecule has 29 heavy (non-hydrogen) atoms. The van der Waals surface area contributed by atoms with E-state index >= 15 is 0 Å². The van der Waals surface area contributed by atoms with Crippen molar-refractivity contribution in [3.05, 3.63) is 72.4 Å². The van der Waals surface area contributed by atoms with E-state index in [0.29, 0.717) is 12.2 Å². The molecule has 0 saturated carbocycles. The average Bonchev–Trinajstić information content (AvgIpc) is 2.69. The Labute approximate surface area is 166 Å². The number of rotatable bonds is 6. The van der Waals surface area contributed by atoms with Gasteiger partial charge in [0.15, 0.2) is 0 Å². The van der Waals surface area contributed by atoms with Crippen LogP contribution in [-0.2, 0) is 0 Å². The lowest BCUT2D eigenvalue weighted by Crippen LogP contribution is -2.28. The van der Waals surface area contributed by atoms with Gasteiger partial charge in [-0.15, -0.1) is 0 Å². The fraction of sp³-hybridized carbons (Fsp3) is 0.100. The second kappa shape index (κ2) is 9.27. The van der Waals surface area contributed by atoms with Gasteiger partial charge in [-0.2, -0.15) is 0 Å². The van der Waals surface area contributed by atoms with Crippen molar-refractivity contribution < 1.29 is 14.0 Å². The molecule has 0 unspecified atom stereocenters. The lowest BCUT2D eigenvalue weighted by molar-refractivity contribution is 0.102. The Bertz CT molecular complexity index is 1010. The van der Waals surface area contributed by atoms with Crippen LogP contribution in [0, 0.1) is 5.82 Å². The molecular formula is C20H19FN6O2. The maximum absolute atomic E-state index is 13.3. The summed E-state index contributed by atoms with van der Waals surface area (Å²) in [6.07, 6.45) is 3.71. The summed E-state index contributed by atoms with van der Waals surface area (Å²) in [5.41, 5.74) is 1.58. The number of urea groups is 1. The van der Waals surface area contributed by atoms with Crippen LogP contribution in [0.5, 0.6) is 0 Å². The number of para-hydroxylation sites is 1. The summed E-state index contributed by atoms with van der Waals surface area (Å²) in [5.74, 6) is -0.809. The van der Waals surface area contributed by atoms with E-state index in [4.69, 9.17) is 0 Å². The average molecular weight is 394 g/mol. The van der Waals surface area contributed by atoms with Crippen molar-refractivity contribution >= 4 is 34.8 Å². The predicted octanol–water partition coefficient (Wildman–Crippen LogP) is 3.75. The normalized spacial score (nSPS) is 10.1. The summed E-state index contributed by atoms with van der Waals surface area (Å²) in [6.45, 7) is 2.26. The van der Waals surface area contributed by atoms with Crippen LogP contribution < -0.4 is 21.3 Å². The van der Waals surface area contributed by atoms with Crippen LogP contribution in [-0.4, -0.2) is 28.5 Å². The van der Waals surface area contributed by atoms with E-state index < -0.39 is 17.8 Å². The van der Waals surface area contributed by atoms with E-state index in [0.717, 1.165) is 18.0 Å². The Morgan fingerprint density at radius 1 is 1.00 bits per heavy atom. The summed E-state index contributed by atoms with van der Waals surface area (Å²) in [4.78, 5) is 32.3. The third-order valence-electron chi connectivity index (χ3n) is 3.74. The highest BCUT2D eigenvalue weighted by Gasteiger charge is 2.15. The summed E-state index contributed by atoms with van der Waals surface area (Å²) < 4.78 is 13.3. The maximum atomic E-state index is 13.3. The Morgan fingerprint density at radius 2 is 1.79 bits per heavy atom. The molecule has 3 amide bonds. The van der Waals surface area contributed by atoms with Crippen molar-refractivity contribution in [3.8, 4) is 0 Å². The number of pyridine rings is 2. The summed E-state index contributed by atoms with van der Waals surface area (Å²) in [6, 6.07) is 11.5. The Kier molecular flexibility index (Phi) is 6.31. The molecule has 8 nitrogen and oxygen atoms in total. The SMILES string of the molecule is CCNC(=O)Nc1cc(Nc2ccccc2)c(C(=O)Nc2cncc(F)c2)cn1. The first-order valence-electron chi connectivity index (χ1n) is 8.84. The van der Waals surface area contributed by atoms with Crippen molar-refractivity contribution in [2.75, 3.05) is 22.5 Å². The molecule has 0 aliphatic carbocycles. The highest BCUT2D eigenvalue weighted by atomic mass is 19.1. The van der Waals surface area contributed by atoms with Gasteiger partial charge in [-0.1, -0.05) is 18.2 Å². The highest BCUT2D eigenvalue weighted by molar-refractivity contribution is 6.08. The molecule has 0 aliphatic rings. The molecule has 0 fully saturated rings. The second-order valence-corrected chi connectivity index (χ2v) is 5.94. The lowest BCUT2D eigenvalue weighted by Gasteiger charge is -2.14. The van der Waals surface area contributed by atoms with E-state index in [9.17, 15) is 14.0 Å². The summed E-state index contributed by atoms with van der Waals surface area (Å²) in [5, 5.41) is 10.9. The minimum absolute atomic E-state index is 0.208. The summed E-state index contributed by atoms with van der Waals surface area (Å²) in [7, 11) is 0. The van der Waals surface area contributed by atoms with Crippen molar-refractivity contribution in [1.29, 1.82) is 0 Å². The van der Waals surface area contributed by atoms with Crippen LogP contribution in [0.25, 0.3) is 0 Å². The fourth-order valence-electron chi connectivity index (χ4n) is 2.48. The molecule has 0 bridgehead atoms.